The molecule has 2 amide bonds. The molecule has 1 aliphatic rings. The summed E-state index contributed by atoms with van der Waals surface area (Å²) in [5.74, 6) is -1.59. The molecule has 4 nitrogen and oxygen atoms in total. The number of rotatable bonds is 6. The molecule has 0 unspecified atom stereocenters. The van der Waals surface area contributed by atoms with Crippen molar-refractivity contribution in [2.75, 3.05) is 4.90 Å². The summed E-state index contributed by atoms with van der Waals surface area (Å²) < 4.78 is 27.2. The molecule has 0 aliphatic heterocycles. The lowest BCUT2D eigenvalue weighted by atomic mass is 10.0. The molecule has 3 aromatic rings. The van der Waals surface area contributed by atoms with Crippen molar-refractivity contribution in [3.8, 4) is 0 Å². The van der Waals surface area contributed by atoms with Crippen LogP contribution in [-0.4, -0.2) is 17.9 Å². The number of hydrogen-bond acceptors (Lipinski definition) is 3. The second-order valence-electron chi connectivity index (χ2n) is 7.57. The van der Waals surface area contributed by atoms with Crippen molar-refractivity contribution >= 4 is 28.8 Å². The molecule has 2 aromatic carbocycles. The van der Waals surface area contributed by atoms with Gasteiger partial charge in [-0.05, 0) is 66.2 Å². The first kappa shape index (κ1) is 21.2. The first-order chi connectivity index (χ1) is 15.0. The number of hydrogen-bond donors (Lipinski definition) is 1. The third-order valence-electron chi connectivity index (χ3n) is 5.45. The van der Waals surface area contributed by atoms with Gasteiger partial charge in [0, 0.05) is 11.7 Å². The van der Waals surface area contributed by atoms with E-state index in [1.54, 1.807) is 17.5 Å². The summed E-state index contributed by atoms with van der Waals surface area (Å²) in [7, 11) is 0. The summed E-state index contributed by atoms with van der Waals surface area (Å²) in [4.78, 5) is 28.8. The maximum atomic E-state index is 13.6. The van der Waals surface area contributed by atoms with Crippen LogP contribution in [0.2, 0.25) is 0 Å². The van der Waals surface area contributed by atoms with Crippen molar-refractivity contribution in [1.29, 1.82) is 0 Å². The zero-order valence-electron chi connectivity index (χ0n) is 16.8. The fourth-order valence-corrected chi connectivity index (χ4v) is 4.58. The SMILES string of the molecule is O=C(NC1CCCC1)[C@@H](c1ccc(F)cc1)N(C(=O)c1cccs1)c1ccc(F)cc1. The lowest BCUT2D eigenvalue weighted by Gasteiger charge is -2.32. The number of anilines is 1. The van der Waals surface area contributed by atoms with Gasteiger partial charge in [-0.3, -0.25) is 14.5 Å². The van der Waals surface area contributed by atoms with Gasteiger partial charge < -0.3 is 5.32 Å². The Morgan fingerprint density at radius 3 is 2.13 bits per heavy atom. The highest BCUT2D eigenvalue weighted by Gasteiger charge is 2.35. The zero-order valence-corrected chi connectivity index (χ0v) is 17.6. The number of carbonyl (C=O) groups is 2. The molecule has 1 saturated carbocycles. The highest BCUT2D eigenvalue weighted by Crippen LogP contribution is 2.32. The van der Waals surface area contributed by atoms with E-state index in [0.29, 0.717) is 16.1 Å². The molecule has 0 radical (unpaired) electrons. The molecule has 160 valence electrons. The van der Waals surface area contributed by atoms with E-state index in [4.69, 9.17) is 0 Å². The van der Waals surface area contributed by atoms with Crippen LogP contribution in [0.1, 0.15) is 47.0 Å². The summed E-state index contributed by atoms with van der Waals surface area (Å²) in [6.45, 7) is 0. The van der Waals surface area contributed by atoms with Crippen LogP contribution in [0.5, 0.6) is 0 Å². The third kappa shape index (κ3) is 4.82. The van der Waals surface area contributed by atoms with E-state index in [-0.39, 0.29) is 17.9 Å². The van der Waals surface area contributed by atoms with E-state index in [1.165, 1.54) is 64.8 Å². The molecule has 1 aliphatic carbocycles. The number of nitrogens with zero attached hydrogens (tertiary/aromatic N) is 1. The van der Waals surface area contributed by atoms with Crippen molar-refractivity contribution in [1.82, 2.24) is 5.32 Å². The molecule has 7 heteroatoms. The first-order valence-corrected chi connectivity index (χ1v) is 11.1. The number of carbonyl (C=O) groups excluding carboxylic acids is 2. The standard InChI is InChI=1S/C24H22F2N2O2S/c25-17-9-7-16(8-10-17)22(23(29)27-19-4-1-2-5-19)28(20-13-11-18(26)12-14-20)24(30)21-6-3-15-31-21/h3,6-15,19,22H,1-2,4-5H2,(H,27,29)/t22-/m1/s1. The predicted molar refractivity (Wildman–Crippen MR) is 117 cm³/mol. The summed E-state index contributed by atoms with van der Waals surface area (Å²) in [5, 5.41) is 4.84. The van der Waals surface area contributed by atoms with Crippen LogP contribution in [0.3, 0.4) is 0 Å². The largest absolute Gasteiger partial charge is 0.351 e. The number of thiophene rings is 1. The Morgan fingerprint density at radius 2 is 1.55 bits per heavy atom. The van der Waals surface area contributed by atoms with Crippen molar-refractivity contribution < 1.29 is 18.4 Å². The summed E-state index contributed by atoms with van der Waals surface area (Å²) >= 11 is 1.26. The molecule has 4 rings (SSSR count). The number of halogens is 2. The number of amides is 2. The number of nitrogens with one attached hydrogen (secondary N) is 1. The maximum absolute atomic E-state index is 13.6. The molecule has 1 aromatic heterocycles. The van der Waals surface area contributed by atoms with Crippen molar-refractivity contribution in [3.05, 3.63) is 88.1 Å². The predicted octanol–water partition coefficient (Wildman–Crippen LogP) is 5.47. The molecular formula is C24H22F2N2O2S. The van der Waals surface area contributed by atoms with Gasteiger partial charge in [-0.15, -0.1) is 11.3 Å². The topological polar surface area (TPSA) is 49.4 Å². The molecule has 0 saturated heterocycles. The normalized spacial score (nSPS) is 14.9. The van der Waals surface area contributed by atoms with Gasteiger partial charge in [0.25, 0.3) is 5.91 Å². The van der Waals surface area contributed by atoms with Crippen LogP contribution in [0.4, 0.5) is 14.5 Å². The Bertz CT molecular complexity index is 1030. The van der Waals surface area contributed by atoms with Gasteiger partial charge in [-0.2, -0.15) is 0 Å². The van der Waals surface area contributed by atoms with Crippen LogP contribution in [0, 0.1) is 11.6 Å². The molecule has 1 atom stereocenters. The smallest absolute Gasteiger partial charge is 0.269 e. The van der Waals surface area contributed by atoms with Crippen LogP contribution in [-0.2, 0) is 4.79 Å². The summed E-state index contributed by atoms with van der Waals surface area (Å²) in [6.07, 6.45) is 3.86. The van der Waals surface area contributed by atoms with Gasteiger partial charge in [0.15, 0.2) is 0 Å². The van der Waals surface area contributed by atoms with Crippen LogP contribution < -0.4 is 10.2 Å². The monoisotopic (exact) mass is 440 g/mol. The highest BCUT2D eigenvalue weighted by atomic mass is 32.1. The van der Waals surface area contributed by atoms with E-state index in [0.717, 1.165) is 25.7 Å². The lowest BCUT2D eigenvalue weighted by molar-refractivity contribution is -0.123. The third-order valence-corrected chi connectivity index (χ3v) is 6.31. The summed E-state index contributed by atoms with van der Waals surface area (Å²) in [6, 6.07) is 13.4. The Kier molecular flexibility index (Phi) is 6.42. The fourth-order valence-electron chi connectivity index (χ4n) is 3.92. The second kappa shape index (κ2) is 9.39. The van der Waals surface area contributed by atoms with E-state index >= 15 is 0 Å². The average molecular weight is 441 g/mol. The molecule has 0 bridgehead atoms. The van der Waals surface area contributed by atoms with Gasteiger partial charge in [0.1, 0.15) is 17.7 Å². The minimum atomic E-state index is -1.03. The maximum Gasteiger partial charge on any atom is 0.269 e. The van der Waals surface area contributed by atoms with E-state index in [2.05, 4.69) is 5.32 Å². The minimum Gasteiger partial charge on any atom is -0.351 e. The van der Waals surface area contributed by atoms with E-state index < -0.39 is 17.7 Å². The Balaban J connectivity index is 1.79. The van der Waals surface area contributed by atoms with Crippen molar-refractivity contribution in [2.24, 2.45) is 0 Å². The minimum absolute atomic E-state index is 0.0438. The van der Waals surface area contributed by atoms with Crippen molar-refractivity contribution in [2.45, 2.75) is 37.8 Å². The molecule has 1 heterocycles. The molecule has 31 heavy (non-hydrogen) atoms. The molecule has 1 fully saturated rings. The van der Waals surface area contributed by atoms with Gasteiger partial charge in [-0.25, -0.2) is 8.78 Å². The van der Waals surface area contributed by atoms with E-state index in [9.17, 15) is 18.4 Å². The van der Waals surface area contributed by atoms with Gasteiger partial charge in [-0.1, -0.05) is 31.0 Å². The number of benzene rings is 2. The quantitative estimate of drug-likeness (QED) is 0.552. The Hall–Kier alpha value is -3.06. The fraction of sp³-hybridized carbons (Fsp3) is 0.250. The molecule has 0 spiro atoms. The molecular weight excluding hydrogens is 418 g/mol. The van der Waals surface area contributed by atoms with Crippen LogP contribution >= 0.6 is 11.3 Å². The average Bonchev–Trinajstić information content (AvgIpc) is 3.47. The van der Waals surface area contributed by atoms with Gasteiger partial charge in [0.05, 0.1) is 4.88 Å². The summed E-state index contributed by atoms with van der Waals surface area (Å²) in [5.41, 5.74) is 0.863. The van der Waals surface area contributed by atoms with Gasteiger partial charge in [0.2, 0.25) is 5.91 Å². The zero-order chi connectivity index (χ0) is 21.8. The first-order valence-electron chi connectivity index (χ1n) is 10.2. The lowest BCUT2D eigenvalue weighted by Crippen LogP contribution is -2.46. The van der Waals surface area contributed by atoms with Gasteiger partial charge >= 0.3 is 0 Å². The van der Waals surface area contributed by atoms with Crippen LogP contribution in [0.15, 0.2) is 66.0 Å². The molecule has 1 N–H and O–H groups in total. The van der Waals surface area contributed by atoms with E-state index in [1.807, 2.05) is 0 Å². The van der Waals surface area contributed by atoms with Crippen molar-refractivity contribution in [3.63, 3.8) is 0 Å². The second-order valence-corrected chi connectivity index (χ2v) is 8.52. The van der Waals surface area contributed by atoms with Crippen LogP contribution in [0.25, 0.3) is 0 Å². The Labute approximate surface area is 183 Å². The Morgan fingerprint density at radius 1 is 0.935 bits per heavy atom. The highest BCUT2D eigenvalue weighted by molar-refractivity contribution is 7.12.